The molecule has 0 fully saturated rings. The minimum absolute atomic E-state index is 0.522. The standard InChI is InChI=1S/C18H16Cl2O/c1-14-12-18(10-7-16(14)4-2-3-11-19)21-13-15-5-8-17(20)9-6-15/h5-10,12H,3,11,13H2,1H3. The van der Waals surface area contributed by atoms with Gasteiger partial charge >= 0.3 is 0 Å². The third-order valence-corrected chi connectivity index (χ3v) is 3.40. The Morgan fingerprint density at radius 1 is 1.10 bits per heavy atom. The predicted molar refractivity (Wildman–Crippen MR) is 89.2 cm³/mol. The summed E-state index contributed by atoms with van der Waals surface area (Å²) in [6, 6.07) is 13.6. The third-order valence-electron chi connectivity index (χ3n) is 2.96. The van der Waals surface area contributed by atoms with Crippen LogP contribution in [0.5, 0.6) is 5.75 Å². The number of ether oxygens (including phenoxy) is 1. The summed E-state index contributed by atoms with van der Waals surface area (Å²) < 4.78 is 5.78. The molecule has 0 saturated carbocycles. The van der Waals surface area contributed by atoms with Gasteiger partial charge in [0.1, 0.15) is 12.4 Å². The molecular weight excluding hydrogens is 303 g/mol. The van der Waals surface area contributed by atoms with Crippen LogP contribution in [0, 0.1) is 18.8 Å². The molecule has 0 spiro atoms. The second kappa shape index (κ2) is 7.98. The molecular formula is C18H16Cl2O. The van der Waals surface area contributed by atoms with Crippen LogP contribution >= 0.6 is 23.2 Å². The van der Waals surface area contributed by atoms with Gasteiger partial charge in [0.2, 0.25) is 0 Å². The van der Waals surface area contributed by atoms with Crippen molar-refractivity contribution in [2.75, 3.05) is 5.88 Å². The number of alkyl halides is 1. The van der Waals surface area contributed by atoms with Crippen molar-refractivity contribution in [1.82, 2.24) is 0 Å². The highest BCUT2D eigenvalue weighted by Gasteiger charge is 2.00. The number of aryl methyl sites for hydroxylation is 1. The van der Waals surface area contributed by atoms with Crippen LogP contribution in [0.3, 0.4) is 0 Å². The van der Waals surface area contributed by atoms with Crippen LogP contribution in [0.15, 0.2) is 42.5 Å². The van der Waals surface area contributed by atoms with Gasteiger partial charge in [0, 0.05) is 22.9 Å². The van der Waals surface area contributed by atoms with Gasteiger partial charge in [-0.05, 0) is 48.4 Å². The van der Waals surface area contributed by atoms with Crippen molar-refractivity contribution in [3.8, 4) is 17.6 Å². The van der Waals surface area contributed by atoms with E-state index in [1.165, 1.54) is 0 Å². The van der Waals surface area contributed by atoms with Crippen molar-refractivity contribution < 1.29 is 4.74 Å². The van der Waals surface area contributed by atoms with Crippen molar-refractivity contribution in [3.05, 3.63) is 64.2 Å². The van der Waals surface area contributed by atoms with Gasteiger partial charge in [-0.2, -0.15) is 0 Å². The van der Waals surface area contributed by atoms with Gasteiger partial charge in [-0.3, -0.25) is 0 Å². The molecule has 21 heavy (non-hydrogen) atoms. The monoisotopic (exact) mass is 318 g/mol. The van der Waals surface area contributed by atoms with Crippen molar-refractivity contribution >= 4 is 23.2 Å². The topological polar surface area (TPSA) is 9.23 Å². The molecule has 0 N–H and O–H groups in total. The molecule has 0 atom stereocenters. The van der Waals surface area contributed by atoms with E-state index in [0.29, 0.717) is 18.9 Å². The van der Waals surface area contributed by atoms with E-state index in [1.807, 2.05) is 49.4 Å². The van der Waals surface area contributed by atoms with E-state index in [-0.39, 0.29) is 0 Å². The van der Waals surface area contributed by atoms with E-state index in [9.17, 15) is 0 Å². The molecule has 108 valence electrons. The fraction of sp³-hybridized carbons (Fsp3) is 0.222. The van der Waals surface area contributed by atoms with Gasteiger partial charge < -0.3 is 4.74 Å². The molecule has 0 aliphatic carbocycles. The molecule has 0 saturated heterocycles. The first-order valence-corrected chi connectivity index (χ1v) is 7.63. The van der Waals surface area contributed by atoms with Crippen LogP contribution in [0.25, 0.3) is 0 Å². The second-order valence-electron chi connectivity index (χ2n) is 4.63. The van der Waals surface area contributed by atoms with Crippen molar-refractivity contribution in [2.45, 2.75) is 20.0 Å². The first kappa shape index (κ1) is 15.8. The minimum Gasteiger partial charge on any atom is -0.489 e. The molecule has 0 bridgehead atoms. The summed E-state index contributed by atoms with van der Waals surface area (Å²) in [7, 11) is 0. The Morgan fingerprint density at radius 2 is 1.86 bits per heavy atom. The summed E-state index contributed by atoms with van der Waals surface area (Å²) in [5.41, 5.74) is 3.20. The van der Waals surface area contributed by atoms with E-state index in [2.05, 4.69) is 11.8 Å². The maximum absolute atomic E-state index is 5.86. The smallest absolute Gasteiger partial charge is 0.120 e. The molecule has 2 aromatic carbocycles. The Labute approximate surface area is 135 Å². The zero-order chi connectivity index (χ0) is 15.1. The largest absolute Gasteiger partial charge is 0.489 e. The van der Waals surface area contributed by atoms with E-state index < -0.39 is 0 Å². The molecule has 2 aromatic rings. The maximum atomic E-state index is 5.86. The molecule has 1 nitrogen and oxygen atoms in total. The van der Waals surface area contributed by atoms with Crippen molar-refractivity contribution in [1.29, 1.82) is 0 Å². The molecule has 3 heteroatoms. The van der Waals surface area contributed by atoms with Crippen molar-refractivity contribution in [2.24, 2.45) is 0 Å². The van der Waals surface area contributed by atoms with Crippen LogP contribution in [0.2, 0.25) is 5.02 Å². The summed E-state index contributed by atoms with van der Waals surface area (Å²) in [5, 5.41) is 0.731. The number of benzene rings is 2. The number of hydrogen-bond acceptors (Lipinski definition) is 1. The molecule has 0 aliphatic rings. The Hall–Kier alpha value is -1.62. The van der Waals surface area contributed by atoms with Crippen LogP contribution in [-0.4, -0.2) is 5.88 Å². The lowest BCUT2D eigenvalue weighted by atomic mass is 10.1. The van der Waals surface area contributed by atoms with Gasteiger partial charge in [-0.15, -0.1) is 11.6 Å². The average molecular weight is 319 g/mol. The van der Waals surface area contributed by atoms with Crippen LogP contribution in [-0.2, 0) is 6.61 Å². The quantitative estimate of drug-likeness (QED) is 0.555. The van der Waals surface area contributed by atoms with E-state index >= 15 is 0 Å². The van der Waals surface area contributed by atoms with Gasteiger partial charge in [0.15, 0.2) is 0 Å². The number of halogens is 2. The normalized spacial score (nSPS) is 9.86. The minimum atomic E-state index is 0.522. The molecule has 0 radical (unpaired) electrons. The van der Waals surface area contributed by atoms with Crippen LogP contribution in [0.1, 0.15) is 23.1 Å². The van der Waals surface area contributed by atoms with Gasteiger partial charge in [0.05, 0.1) is 0 Å². The molecule has 2 rings (SSSR count). The van der Waals surface area contributed by atoms with E-state index in [1.54, 1.807) is 0 Å². The lowest BCUT2D eigenvalue weighted by Crippen LogP contribution is -1.96. The predicted octanol–water partition coefficient (Wildman–Crippen LogP) is 5.21. The summed E-state index contributed by atoms with van der Waals surface area (Å²) in [6.45, 7) is 2.55. The Kier molecular flexibility index (Phi) is 5.99. The van der Waals surface area contributed by atoms with E-state index in [0.717, 1.165) is 27.5 Å². The third kappa shape index (κ3) is 5.01. The lowest BCUT2D eigenvalue weighted by molar-refractivity contribution is 0.306. The molecule has 0 aliphatic heterocycles. The van der Waals surface area contributed by atoms with E-state index in [4.69, 9.17) is 27.9 Å². The first-order valence-electron chi connectivity index (χ1n) is 6.72. The number of hydrogen-bond donors (Lipinski definition) is 0. The molecule has 0 aromatic heterocycles. The molecule has 0 amide bonds. The summed E-state index contributed by atoms with van der Waals surface area (Å²) in [5.74, 6) is 7.56. The zero-order valence-corrected chi connectivity index (χ0v) is 13.3. The SMILES string of the molecule is Cc1cc(OCc2ccc(Cl)cc2)ccc1C#CCCCl. The van der Waals surface area contributed by atoms with Gasteiger partial charge in [-0.25, -0.2) is 0 Å². The fourth-order valence-corrected chi connectivity index (χ4v) is 2.04. The van der Waals surface area contributed by atoms with Crippen molar-refractivity contribution in [3.63, 3.8) is 0 Å². The second-order valence-corrected chi connectivity index (χ2v) is 5.45. The van der Waals surface area contributed by atoms with Gasteiger partial charge in [0.25, 0.3) is 0 Å². The number of rotatable bonds is 4. The first-order chi connectivity index (χ1) is 10.2. The summed E-state index contributed by atoms with van der Waals surface area (Å²) >= 11 is 11.5. The Balaban J connectivity index is 2.00. The molecule has 0 unspecified atom stereocenters. The highest BCUT2D eigenvalue weighted by molar-refractivity contribution is 6.30. The highest BCUT2D eigenvalue weighted by atomic mass is 35.5. The molecule has 0 heterocycles. The van der Waals surface area contributed by atoms with Crippen LogP contribution < -0.4 is 4.74 Å². The highest BCUT2D eigenvalue weighted by Crippen LogP contribution is 2.18. The fourth-order valence-electron chi connectivity index (χ4n) is 1.82. The summed E-state index contributed by atoms with van der Waals surface area (Å²) in [4.78, 5) is 0. The maximum Gasteiger partial charge on any atom is 0.120 e. The summed E-state index contributed by atoms with van der Waals surface area (Å²) in [6.07, 6.45) is 0.704. The Bertz CT molecular complexity index is 651. The lowest BCUT2D eigenvalue weighted by Gasteiger charge is -2.08. The van der Waals surface area contributed by atoms with Crippen LogP contribution in [0.4, 0.5) is 0 Å². The zero-order valence-electron chi connectivity index (χ0n) is 11.8. The Morgan fingerprint density at radius 3 is 2.52 bits per heavy atom. The average Bonchev–Trinajstić information content (AvgIpc) is 2.49. The van der Waals surface area contributed by atoms with Gasteiger partial charge in [-0.1, -0.05) is 35.6 Å².